The molecule has 0 aromatic heterocycles. The van der Waals surface area contributed by atoms with Crippen LogP contribution in [0.3, 0.4) is 0 Å². The Balaban J connectivity index is 1.75. The fourth-order valence-corrected chi connectivity index (χ4v) is 2.09. The van der Waals surface area contributed by atoms with E-state index in [1.165, 1.54) is 5.56 Å². The quantitative estimate of drug-likeness (QED) is 0.674. The van der Waals surface area contributed by atoms with Gasteiger partial charge in [0.05, 0.1) is 27.4 Å². The molecule has 0 bridgehead atoms. The average molecular weight is 310 g/mol. The predicted octanol–water partition coefficient (Wildman–Crippen LogP) is 4.45. The Kier molecular flexibility index (Phi) is 6.95. The molecular weight excluding hydrogens is 288 g/mol. The van der Waals surface area contributed by atoms with Crippen LogP contribution in [0.25, 0.3) is 12.2 Å². The Hall–Kier alpha value is -2.52. The molecule has 23 heavy (non-hydrogen) atoms. The third-order valence-electron chi connectivity index (χ3n) is 3.26. The summed E-state index contributed by atoms with van der Waals surface area (Å²) in [6, 6.07) is 16.0. The second-order valence-electron chi connectivity index (χ2n) is 4.87. The van der Waals surface area contributed by atoms with E-state index in [0.29, 0.717) is 13.2 Å². The summed E-state index contributed by atoms with van der Waals surface area (Å²) in [4.78, 5) is 0. The zero-order valence-corrected chi connectivity index (χ0v) is 13.6. The molecule has 0 fully saturated rings. The van der Waals surface area contributed by atoms with Gasteiger partial charge in [-0.3, -0.25) is 0 Å². The van der Waals surface area contributed by atoms with Crippen LogP contribution >= 0.6 is 0 Å². The number of ether oxygens (including phenoxy) is 3. The highest BCUT2D eigenvalue weighted by Gasteiger charge is 2.02. The number of benzene rings is 2. The van der Waals surface area contributed by atoms with Gasteiger partial charge in [0.1, 0.15) is 0 Å². The molecule has 0 heterocycles. The lowest BCUT2D eigenvalue weighted by Gasteiger charge is -2.07. The molecule has 0 spiro atoms. The minimum absolute atomic E-state index is 0.563. The first kappa shape index (κ1) is 16.8. The van der Waals surface area contributed by atoms with Gasteiger partial charge in [0.25, 0.3) is 0 Å². The Labute approximate surface area is 137 Å². The largest absolute Gasteiger partial charge is 0.493 e. The lowest BCUT2D eigenvalue weighted by atomic mass is 10.2. The zero-order chi connectivity index (χ0) is 16.3. The van der Waals surface area contributed by atoms with E-state index >= 15 is 0 Å². The summed E-state index contributed by atoms with van der Waals surface area (Å²) in [5.74, 6) is 1.45. The van der Waals surface area contributed by atoms with Crippen molar-refractivity contribution < 1.29 is 14.2 Å². The summed E-state index contributed by atoms with van der Waals surface area (Å²) >= 11 is 0. The Morgan fingerprint density at radius 1 is 0.739 bits per heavy atom. The second kappa shape index (κ2) is 9.49. The van der Waals surface area contributed by atoms with E-state index in [9.17, 15) is 0 Å². The van der Waals surface area contributed by atoms with Crippen molar-refractivity contribution in [3.05, 3.63) is 71.8 Å². The molecule has 2 aromatic rings. The summed E-state index contributed by atoms with van der Waals surface area (Å²) < 4.78 is 16.0. The predicted molar refractivity (Wildman–Crippen MR) is 94.9 cm³/mol. The summed E-state index contributed by atoms with van der Waals surface area (Å²) in [6.45, 7) is 1.15. The molecule has 0 unspecified atom stereocenters. The summed E-state index contributed by atoms with van der Waals surface area (Å²) in [7, 11) is 3.26. The molecule has 0 aliphatic heterocycles. The van der Waals surface area contributed by atoms with Gasteiger partial charge in [-0.2, -0.15) is 0 Å². The number of hydrogen-bond donors (Lipinski definition) is 0. The first-order valence-corrected chi connectivity index (χ1v) is 7.51. The minimum atomic E-state index is 0.563. The first-order valence-electron chi connectivity index (χ1n) is 7.51. The molecule has 0 N–H and O–H groups in total. The fourth-order valence-electron chi connectivity index (χ4n) is 2.09. The summed E-state index contributed by atoms with van der Waals surface area (Å²) in [5, 5.41) is 0. The van der Waals surface area contributed by atoms with Crippen molar-refractivity contribution >= 4 is 12.2 Å². The molecule has 0 saturated heterocycles. The van der Waals surface area contributed by atoms with Crippen molar-refractivity contribution in [2.24, 2.45) is 0 Å². The van der Waals surface area contributed by atoms with Crippen molar-refractivity contribution in [3.63, 3.8) is 0 Å². The van der Waals surface area contributed by atoms with Crippen molar-refractivity contribution in [2.45, 2.75) is 0 Å². The third-order valence-corrected chi connectivity index (χ3v) is 3.26. The highest BCUT2D eigenvalue weighted by atomic mass is 16.5. The van der Waals surface area contributed by atoms with Crippen LogP contribution in [-0.4, -0.2) is 27.4 Å². The maximum atomic E-state index is 5.55. The molecule has 0 radical (unpaired) electrons. The van der Waals surface area contributed by atoms with Crippen LogP contribution in [0.5, 0.6) is 11.5 Å². The highest BCUT2D eigenvalue weighted by molar-refractivity contribution is 5.56. The Morgan fingerprint density at radius 3 is 2.04 bits per heavy atom. The van der Waals surface area contributed by atoms with Gasteiger partial charge in [0, 0.05) is 0 Å². The van der Waals surface area contributed by atoms with E-state index in [0.717, 1.165) is 17.1 Å². The lowest BCUT2D eigenvalue weighted by Crippen LogP contribution is -1.91. The number of methoxy groups -OCH3 is 2. The fraction of sp³-hybridized carbons (Fsp3) is 0.200. The van der Waals surface area contributed by atoms with Crippen LogP contribution in [-0.2, 0) is 4.74 Å². The van der Waals surface area contributed by atoms with Crippen LogP contribution in [0.15, 0.2) is 60.7 Å². The SMILES string of the molecule is COc1ccc(/C=C/COC/C=C/c2ccccc2)cc1OC. The summed E-state index contributed by atoms with van der Waals surface area (Å²) in [6.07, 6.45) is 8.05. The van der Waals surface area contributed by atoms with Crippen molar-refractivity contribution in [1.82, 2.24) is 0 Å². The first-order chi connectivity index (χ1) is 11.3. The Morgan fingerprint density at radius 2 is 1.39 bits per heavy atom. The molecule has 0 saturated carbocycles. The smallest absolute Gasteiger partial charge is 0.161 e. The van der Waals surface area contributed by atoms with Crippen molar-refractivity contribution in [2.75, 3.05) is 27.4 Å². The highest BCUT2D eigenvalue weighted by Crippen LogP contribution is 2.27. The van der Waals surface area contributed by atoms with Crippen LogP contribution in [0.1, 0.15) is 11.1 Å². The molecule has 0 aliphatic rings. The van der Waals surface area contributed by atoms with Gasteiger partial charge in [0.2, 0.25) is 0 Å². The molecule has 3 nitrogen and oxygen atoms in total. The van der Waals surface area contributed by atoms with Gasteiger partial charge in [-0.25, -0.2) is 0 Å². The zero-order valence-electron chi connectivity index (χ0n) is 13.6. The molecule has 120 valence electrons. The van der Waals surface area contributed by atoms with E-state index in [4.69, 9.17) is 14.2 Å². The summed E-state index contributed by atoms with van der Waals surface area (Å²) in [5.41, 5.74) is 2.23. The maximum Gasteiger partial charge on any atom is 0.161 e. The topological polar surface area (TPSA) is 27.7 Å². The molecular formula is C20H22O3. The molecule has 3 heteroatoms. The monoisotopic (exact) mass is 310 g/mol. The van der Waals surface area contributed by atoms with Gasteiger partial charge in [-0.05, 0) is 23.3 Å². The van der Waals surface area contributed by atoms with Gasteiger partial charge >= 0.3 is 0 Å². The molecule has 0 atom stereocenters. The van der Waals surface area contributed by atoms with Crippen molar-refractivity contribution in [1.29, 1.82) is 0 Å². The second-order valence-corrected chi connectivity index (χ2v) is 4.87. The van der Waals surface area contributed by atoms with Crippen LogP contribution in [0, 0.1) is 0 Å². The van der Waals surface area contributed by atoms with Gasteiger partial charge in [-0.15, -0.1) is 0 Å². The maximum absolute atomic E-state index is 5.55. The molecule has 0 amide bonds. The van der Waals surface area contributed by atoms with E-state index < -0.39 is 0 Å². The molecule has 0 aliphatic carbocycles. The third kappa shape index (κ3) is 5.64. The van der Waals surface area contributed by atoms with Gasteiger partial charge in [0.15, 0.2) is 11.5 Å². The lowest BCUT2D eigenvalue weighted by molar-refractivity contribution is 0.195. The minimum Gasteiger partial charge on any atom is -0.493 e. The number of hydrogen-bond acceptors (Lipinski definition) is 3. The normalized spacial score (nSPS) is 11.2. The van der Waals surface area contributed by atoms with E-state index in [2.05, 4.69) is 18.2 Å². The van der Waals surface area contributed by atoms with Crippen LogP contribution < -0.4 is 9.47 Å². The van der Waals surface area contributed by atoms with E-state index in [1.807, 2.05) is 54.6 Å². The van der Waals surface area contributed by atoms with E-state index in [1.54, 1.807) is 14.2 Å². The average Bonchev–Trinajstić information content (AvgIpc) is 2.61. The Bertz CT molecular complexity index is 645. The van der Waals surface area contributed by atoms with Gasteiger partial charge in [-0.1, -0.05) is 60.7 Å². The van der Waals surface area contributed by atoms with Gasteiger partial charge < -0.3 is 14.2 Å². The van der Waals surface area contributed by atoms with Crippen LogP contribution in [0.4, 0.5) is 0 Å². The number of rotatable bonds is 8. The van der Waals surface area contributed by atoms with Crippen molar-refractivity contribution in [3.8, 4) is 11.5 Å². The van der Waals surface area contributed by atoms with Crippen LogP contribution in [0.2, 0.25) is 0 Å². The standard InChI is InChI=1S/C20H22O3/c1-21-19-13-12-18(16-20(19)22-2)11-7-15-23-14-6-10-17-8-4-3-5-9-17/h3-13,16H,14-15H2,1-2H3/b10-6+,11-7+. The molecule has 2 aromatic carbocycles. The van der Waals surface area contributed by atoms with E-state index in [-0.39, 0.29) is 0 Å². The molecule has 2 rings (SSSR count).